The number of hydrogen-bond acceptors (Lipinski definition) is 8. The molecule has 0 unspecified atom stereocenters. The monoisotopic (exact) mass is 711 g/mol. The Kier molecular flexibility index (Phi) is 10.7. The third-order valence-corrected chi connectivity index (χ3v) is 12.4. The summed E-state index contributed by atoms with van der Waals surface area (Å²) in [5, 5.41) is 13.5. The van der Waals surface area contributed by atoms with Crippen LogP contribution < -0.4 is 10.2 Å². The molecule has 1 aliphatic carbocycles. The fourth-order valence-electron chi connectivity index (χ4n) is 8.05. The van der Waals surface area contributed by atoms with Gasteiger partial charge in [-0.2, -0.15) is 10.3 Å². The summed E-state index contributed by atoms with van der Waals surface area (Å²) in [5.74, 6) is -0.698. The van der Waals surface area contributed by atoms with Gasteiger partial charge in [-0.05, 0) is 117 Å². The fourth-order valence-corrected chi connectivity index (χ4v) is 9.36. The molecule has 51 heavy (non-hydrogen) atoms. The lowest BCUT2D eigenvalue weighted by molar-refractivity contribution is -0.111. The van der Waals surface area contributed by atoms with E-state index >= 15 is 0 Å². The number of hydrogen-bond donors (Lipinski definition) is 1. The minimum atomic E-state index is -3.79. The van der Waals surface area contributed by atoms with E-state index in [1.54, 1.807) is 30.3 Å². The Morgan fingerprint density at radius 3 is 2.45 bits per heavy atom. The van der Waals surface area contributed by atoms with Crippen molar-refractivity contribution in [2.45, 2.75) is 47.3 Å². The molecule has 0 aromatic heterocycles. The second-order valence-electron chi connectivity index (χ2n) is 13.6. The molecule has 6 rings (SSSR count). The average Bonchev–Trinajstić information content (AvgIpc) is 3.59. The van der Waals surface area contributed by atoms with E-state index in [-0.39, 0.29) is 27.4 Å². The molecule has 3 aliphatic rings. The number of sulfone groups is 1. The maximum Gasteiger partial charge on any atom is 0.433 e. The highest BCUT2D eigenvalue weighted by Crippen LogP contribution is 2.49. The molecule has 12 heteroatoms. The number of likely N-dealkylation sites (tertiary alicyclic amines) is 1. The Balaban J connectivity index is 1.07. The van der Waals surface area contributed by atoms with Gasteiger partial charge in [0.1, 0.15) is 5.82 Å². The summed E-state index contributed by atoms with van der Waals surface area (Å²) in [4.78, 5) is 33.0. The topological polar surface area (TPSA) is 132 Å². The minimum Gasteiger partial charge on any atom is -0.451 e. The van der Waals surface area contributed by atoms with Crippen LogP contribution in [0.15, 0.2) is 100 Å². The molecule has 1 saturated carbocycles. The second kappa shape index (κ2) is 15.2. The maximum atomic E-state index is 14.6. The molecule has 3 aromatic rings. The number of benzene rings is 3. The van der Waals surface area contributed by atoms with E-state index in [0.717, 1.165) is 63.7 Å². The molecule has 1 N–H and O–H groups in total. The Morgan fingerprint density at radius 2 is 1.78 bits per heavy atom. The number of aliphatic imine (C=N–C) groups is 1. The maximum absolute atomic E-state index is 14.6. The van der Waals surface area contributed by atoms with Crippen molar-refractivity contribution in [3.8, 4) is 6.07 Å². The van der Waals surface area contributed by atoms with E-state index in [0.29, 0.717) is 35.7 Å². The highest BCUT2D eigenvalue weighted by atomic mass is 32.2. The van der Waals surface area contributed by atoms with Crippen molar-refractivity contribution in [2.75, 3.05) is 50.1 Å². The van der Waals surface area contributed by atoms with Gasteiger partial charge in [0.25, 0.3) is 0 Å². The van der Waals surface area contributed by atoms with Crippen LogP contribution in [0.3, 0.4) is 0 Å². The largest absolute Gasteiger partial charge is 0.451 e. The van der Waals surface area contributed by atoms with Gasteiger partial charge in [0.15, 0.2) is 0 Å². The number of nitrogens with one attached hydrogen (secondary N) is 1. The smallest absolute Gasteiger partial charge is 0.433 e. The molecular formula is C39H42FN5O5S. The zero-order valence-electron chi connectivity index (χ0n) is 28.6. The summed E-state index contributed by atoms with van der Waals surface area (Å²) in [6.45, 7) is 7.63. The lowest BCUT2D eigenvalue weighted by Gasteiger charge is -2.47. The highest BCUT2D eigenvalue weighted by molar-refractivity contribution is 7.91. The standard InChI is InChI=1S/C39H42FN5O5S/c1-3-37(46)42-31-9-5-10-34(22-31)51(48,49)33-15-13-32(14-16-33)45-24-27(25-45)23-44-19-17-28(18-20-44)39(26-41,29-7-4-8-30(40)21-29)35-11-6-12-36(35)43-38(47)50-2/h3-5,7-10,13-16,21-22,27-28,35H,1,6,11-12,17-20,23-25H2,2H3,(H,42,46)/b43-36+/t35-,39-/m0/s1. The zero-order valence-corrected chi connectivity index (χ0v) is 29.4. The van der Waals surface area contributed by atoms with Gasteiger partial charge in [0, 0.05) is 48.6 Å². The minimum absolute atomic E-state index is 0.0347. The predicted molar refractivity (Wildman–Crippen MR) is 193 cm³/mol. The van der Waals surface area contributed by atoms with Crippen molar-refractivity contribution in [3.63, 3.8) is 0 Å². The van der Waals surface area contributed by atoms with Crippen LogP contribution in [0.1, 0.15) is 37.7 Å². The van der Waals surface area contributed by atoms with E-state index in [1.165, 1.54) is 31.4 Å². The number of carbonyl (C=O) groups excluding carboxylic acids is 2. The van der Waals surface area contributed by atoms with Gasteiger partial charge in [0.05, 0.1) is 28.4 Å². The summed E-state index contributed by atoms with van der Waals surface area (Å²) in [6, 6.07) is 22.0. The quantitative estimate of drug-likeness (QED) is 0.239. The zero-order chi connectivity index (χ0) is 36.2. The van der Waals surface area contributed by atoms with Crippen LogP contribution in [0.4, 0.5) is 20.6 Å². The lowest BCUT2D eigenvalue weighted by Crippen LogP contribution is -2.54. The molecule has 3 fully saturated rings. The summed E-state index contributed by atoms with van der Waals surface area (Å²) >= 11 is 0. The van der Waals surface area contributed by atoms with Crippen molar-refractivity contribution in [1.82, 2.24) is 4.90 Å². The van der Waals surface area contributed by atoms with Crippen LogP contribution in [0.25, 0.3) is 0 Å². The third kappa shape index (κ3) is 7.46. The number of amides is 2. The molecule has 0 radical (unpaired) electrons. The molecule has 2 heterocycles. The second-order valence-corrected chi connectivity index (χ2v) is 15.5. The van der Waals surface area contributed by atoms with Gasteiger partial charge in [-0.25, -0.2) is 17.6 Å². The van der Waals surface area contributed by atoms with Crippen LogP contribution in [-0.4, -0.2) is 70.9 Å². The number of anilines is 2. The number of ether oxygens (including phenoxy) is 1. The van der Waals surface area contributed by atoms with Crippen molar-refractivity contribution >= 4 is 38.9 Å². The van der Waals surface area contributed by atoms with Crippen LogP contribution in [0.2, 0.25) is 0 Å². The van der Waals surface area contributed by atoms with E-state index in [1.807, 2.05) is 18.2 Å². The fraction of sp³-hybridized carbons (Fsp3) is 0.385. The first kappa shape index (κ1) is 35.9. The van der Waals surface area contributed by atoms with Gasteiger partial charge < -0.3 is 19.9 Å². The van der Waals surface area contributed by atoms with Gasteiger partial charge >= 0.3 is 6.09 Å². The number of nitrogens with zero attached hydrogens (tertiary/aromatic N) is 4. The molecule has 2 aliphatic heterocycles. The van der Waals surface area contributed by atoms with E-state index in [2.05, 4.69) is 32.8 Å². The first-order valence-corrected chi connectivity index (χ1v) is 18.7. The first-order valence-electron chi connectivity index (χ1n) is 17.3. The van der Waals surface area contributed by atoms with Crippen LogP contribution >= 0.6 is 0 Å². The van der Waals surface area contributed by atoms with Crippen LogP contribution in [-0.2, 0) is 24.8 Å². The Bertz CT molecular complexity index is 1960. The summed E-state index contributed by atoms with van der Waals surface area (Å²) < 4.78 is 46.0. The molecule has 2 atom stereocenters. The molecule has 3 aromatic carbocycles. The molecule has 0 bridgehead atoms. The van der Waals surface area contributed by atoms with Crippen molar-refractivity contribution in [3.05, 3.63) is 96.8 Å². The average molecular weight is 712 g/mol. The molecule has 266 valence electrons. The van der Waals surface area contributed by atoms with Crippen molar-refractivity contribution < 1.29 is 27.1 Å². The number of rotatable bonds is 10. The number of piperidine rings is 1. The number of halogens is 1. The predicted octanol–water partition coefficient (Wildman–Crippen LogP) is 6.40. The van der Waals surface area contributed by atoms with Gasteiger partial charge in [-0.1, -0.05) is 24.8 Å². The van der Waals surface area contributed by atoms with Crippen LogP contribution in [0, 0.1) is 34.9 Å². The van der Waals surface area contributed by atoms with E-state index in [4.69, 9.17) is 4.74 Å². The number of carbonyl (C=O) groups is 2. The number of methoxy groups -OCH3 is 1. The Hall–Kier alpha value is -4.86. The Morgan fingerprint density at radius 1 is 1.06 bits per heavy atom. The van der Waals surface area contributed by atoms with Gasteiger partial charge in [0.2, 0.25) is 15.7 Å². The molecular weight excluding hydrogens is 670 g/mol. The highest BCUT2D eigenvalue weighted by Gasteiger charge is 2.51. The van der Waals surface area contributed by atoms with E-state index < -0.39 is 27.3 Å². The first-order chi connectivity index (χ1) is 24.6. The Labute approximate surface area is 298 Å². The van der Waals surface area contributed by atoms with Crippen molar-refractivity contribution in [1.29, 1.82) is 5.26 Å². The normalized spacial score (nSPS) is 20.6. The van der Waals surface area contributed by atoms with Gasteiger partial charge in [-0.3, -0.25) is 4.79 Å². The summed E-state index contributed by atoms with van der Waals surface area (Å²) in [7, 11) is -2.50. The molecule has 2 amide bonds. The van der Waals surface area contributed by atoms with Crippen LogP contribution in [0.5, 0.6) is 0 Å². The summed E-state index contributed by atoms with van der Waals surface area (Å²) in [6.07, 6.45) is 4.10. The van der Waals surface area contributed by atoms with Gasteiger partial charge in [-0.15, -0.1) is 0 Å². The van der Waals surface area contributed by atoms with E-state index in [9.17, 15) is 27.7 Å². The lowest BCUT2D eigenvalue weighted by atomic mass is 9.59. The number of nitriles is 1. The molecule has 0 spiro atoms. The molecule has 2 saturated heterocycles. The SMILES string of the molecule is C=CC(=O)Nc1cccc(S(=O)(=O)c2ccc(N3CC(CN4CCC([C@@](C#N)(c5cccc(F)c5)[C@H]5CCC/C5=N\C(=O)OC)CC4)C3)cc2)c1. The third-order valence-electron chi connectivity index (χ3n) is 10.6. The van der Waals surface area contributed by atoms with Crippen molar-refractivity contribution in [2.24, 2.45) is 22.7 Å². The summed E-state index contributed by atoms with van der Waals surface area (Å²) in [5.41, 5.74) is 1.63. The molecule has 10 nitrogen and oxygen atoms in total.